The third-order valence-electron chi connectivity index (χ3n) is 5.99. The fourth-order valence-corrected chi connectivity index (χ4v) is 6.14. The Kier molecular flexibility index (Phi) is 7.18. The smallest absolute Gasteiger partial charge is 0.248 e. The van der Waals surface area contributed by atoms with Crippen molar-refractivity contribution in [3.63, 3.8) is 0 Å². The zero-order valence-electron chi connectivity index (χ0n) is 19.9. The molecular formula is C26H28FN3O4S. The first kappa shape index (κ1) is 24.8. The first-order valence-corrected chi connectivity index (χ1v) is 12.9. The quantitative estimate of drug-likeness (QED) is 0.520. The van der Waals surface area contributed by atoms with Gasteiger partial charge >= 0.3 is 0 Å². The number of hydrogen-bond donors (Lipinski definition) is 1. The molecule has 0 unspecified atom stereocenters. The van der Waals surface area contributed by atoms with E-state index in [1.54, 1.807) is 25.1 Å². The number of sulfonamides is 1. The molecule has 0 bridgehead atoms. The second kappa shape index (κ2) is 10.1. The minimum Gasteiger partial charge on any atom is -0.355 e. The van der Waals surface area contributed by atoms with Crippen molar-refractivity contribution in [3.05, 3.63) is 76.4 Å². The number of carbonyl (C=O) groups is 1. The van der Waals surface area contributed by atoms with Crippen LogP contribution < -0.4 is 5.32 Å². The lowest BCUT2D eigenvalue weighted by atomic mass is 9.98. The molecule has 0 spiro atoms. The Morgan fingerprint density at radius 3 is 2.57 bits per heavy atom. The summed E-state index contributed by atoms with van der Waals surface area (Å²) in [7, 11) is -4.00. The fraction of sp³-hybridized carbons (Fsp3) is 0.308. The van der Waals surface area contributed by atoms with Gasteiger partial charge < -0.3 is 9.84 Å². The van der Waals surface area contributed by atoms with E-state index in [4.69, 9.17) is 4.52 Å². The van der Waals surface area contributed by atoms with Crippen LogP contribution in [0.25, 0.3) is 12.2 Å². The van der Waals surface area contributed by atoms with Gasteiger partial charge in [-0.2, -0.15) is 4.31 Å². The number of aryl methyl sites for hydroxylation is 3. The number of hydrogen-bond acceptors (Lipinski definition) is 5. The van der Waals surface area contributed by atoms with E-state index in [1.807, 2.05) is 32.0 Å². The van der Waals surface area contributed by atoms with E-state index in [0.29, 0.717) is 24.1 Å². The van der Waals surface area contributed by atoms with Crippen molar-refractivity contribution in [3.8, 4) is 0 Å². The molecule has 1 saturated heterocycles. The van der Waals surface area contributed by atoms with E-state index in [1.165, 1.54) is 22.5 Å². The standard InChI is InChI=1S/C26H28FN3O4S/c1-17-13-18(2)15-22(14-17)28-26(31)21-8-6-12-30(16-21)35(32,33)25-19(3)29-34-24(25)11-10-20-7-4-5-9-23(20)27/h4-5,7,9-11,13-15,21H,6,8,12,16H2,1-3H3,(H,28,31)/b11-10+/t21-/m1/s1. The second-order valence-corrected chi connectivity index (χ2v) is 10.8. The van der Waals surface area contributed by atoms with Crippen LogP contribution in [0.1, 0.15) is 41.0 Å². The van der Waals surface area contributed by atoms with E-state index in [9.17, 15) is 17.6 Å². The molecule has 1 amide bonds. The van der Waals surface area contributed by atoms with Crippen molar-refractivity contribution >= 4 is 33.8 Å². The zero-order valence-corrected chi connectivity index (χ0v) is 20.7. The minimum absolute atomic E-state index is 0.0209. The molecule has 1 N–H and O–H groups in total. The average molecular weight is 498 g/mol. The van der Waals surface area contributed by atoms with Crippen molar-refractivity contribution in [2.75, 3.05) is 18.4 Å². The molecule has 9 heteroatoms. The highest BCUT2D eigenvalue weighted by molar-refractivity contribution is 7.89. The third kappa shape index (κ3) is 5.52. The van der Waals surface area contributed by atoms with Gasteiger partial charge in [-0.3, -0.25) is 4.79 Å². The summed E-state index contributed by atoms with van der Waals surface area (Å²) in [5, 5.41) is 6.76. The Labute approximate surface area is 204 Å². The highest BCUT2D eigenvalue weighted by Crippen LogP contribution is 2.30. The van der Waals surface area contributed by atoms with Crippen LogP contribution in [-0.2, 0) is 14.8 Å². The van der Waals surface area contributed by atoms with Crippen LogP contribution in [0.3, 0.4) is 0 Å². The summed E-state index contributed by atoms with van der Waals surface area (Å²) in [6, 6.07) is 11.9. The molecule has 0 radical (unpaired) electrons. The molecule has 2 heterocycles. The van der Waals surface area contributed by atoms with Gasteiger partial charge in [0.15, 0.2) is 10.7 Å². The Balaban J connectivity index is 1.54. The normalized spacial score (nSPS) is 17.1. The highest BCUT2D eigenvalue weighted by Gasteiger charge is 2.37. The number of carbonyl (C=O) groups excluding carboxylic acids is 1. The SMILES string of the molecule is Cc1cc(C)cc(NC(=O)[C@@H]2CCCN(S(=O)(=O)c3c(C)noc3/C=C/c3ccccc3F)C2)c1. The Morgan fingerprint density at radius 1 is 1.14 bits per heavy atom. The summed E-state index contributed by atoms with van der Waals surface area (Å²) in [6.07, 6.45) is 3.99. The van der Waals surface area contributed by atoms with Crippen LogP contribution in [0.5, 0.6) is 0 Å². The molecule has 35 heavy (non-hydrogen) atoms. The van der Waals surface area contributed by atoms with Crippen molar-refractivity contribution in [2.45, 2.75) is 38.5 Å². The number of nitrogens with zero attached hydrogens (tertiary/aromatic N) is 2. The molecule has 0 saturated carbocycles. The first-order chi connectivity index (χ1) is 16.6. The van der Waals surface area contributed by atoms with Gasteiger partial charge in [0, 0.05) is 24.3 Å². The highest BCUT2D eigenvalue weighted by atomic mass is 32.2. The maximum Gasteiger partial charge on any atom is 0.248 e. The van der Waals surface area contributed by atoms with Crippen LogP contribution >= 0.6 is 0 Å². The zero-order chi connectivity index (χ0) is 25.2. The summed E-state index contributed by atoms with van der Waals surface area (Å²) in [5.41, 5.74) is 3.27. The Hall–Kier alpha value is -3.30. The van der Waals surface area contributed by atoms with Gasteiger partial charge in [-0.15, -0.1) is 0 Å². The van der Waals surface area contributed by atoms with Gasteiger partial charge in [0.2, 0.25) is 15.9 Å². The maximum atomic E-state index is 14.0. The summed E-state index contributed by atoms with van der Waals surface area (Å²) in [4.78, 5) is 12.9. The number of rotatable bonds is 6. The molecule has 0 aliphatic carbocycles. The van der Waals surface area contributed by atoms with Gasteiger partial charge in [-0.25, -0.2) is 12.8 Å². The minimum atomic E-state index is -4.00. The van der Waals surface area contributed by atoms with E-state index >= 15 is 0 Å². The molecule has 1 atom stereocenters. The van der Waals surface area contributed by atoms with Crippen LogP contribution in [0.4, 0.5) is 10.1 Å². The molecule has 3 aromatic rings. The number of nitrogens with one attached hydrogen (secondary N) is 1. The predicted octanol–water partition coefficient (Wildman–Crippen LogP) is 4.95. The van der Waals surface area contributed by atoms with Crippen molar-refractivity contribution < 1.29 is 22.1 Å². The number of halogens is 1. The molecule has 1 fully saturated rings. The Bertz CT molecular complexity index is 1360. The summed E-state index contributed by atoms with van der Waals surface area (Å²) >= 11 is 0. The third-order valence-corrected chi connectivity index (χ3v) is 8.02. The van der Waals surface area contributed by atoms with Gasteiger partial charge in [0.1, 0.15) is 11.5 Å². The van der Waals surface area contributed by atoms with Gasteiger partial charge in [0.05, 0.1) is 5.92 Å². The first-order valence-electron chi connectivity index (χ1n) is 11.4. The topological polar surface area (TPSA) is 92.5 Å². The molecule has 184 valence electrons. The lowest BCUT2D eigenvalue weighted by molar-refractivity contribution is -0.120. The van der Waals surface area contributed by atoms with Gasteiger partial charge in [-0.05, 0) is 75.1 Å². The van der Waals surface area contributed by atoms with Crippen molar-refractivity contribution in [1.82, 2.24) is 9.46 Å². The molecule has 1 aliphatic rings. The van der Waals surface area contributed by atoms with E-state index in [0.717, 1.165) is 11.1 Å². The van der Waals surface area contributed by atoms with Gasteiger partial charge in [0.25, 0.3) is 0 Å². The number of piperidine rings is 1. The molecule has 7 nitrogen and oxygen atoms in total. The Morgan fingerprint density at radius 2 is 1.86 bits per heavy atom. The number of amides is 1. The molecular weight excluding hydrogens is 469 g/mol. The average Bonchev–Trinajstić information content (AvgIpc) is 3.19. The number of anilines is 1. The fourth-order valence-electron chi connectivity index (χ4n) is 4.37. The maximum absolute atomic E-state index is 14.0. The van der Waals surface area contributed by atoms with Crippen molar-refractivity contribution in [2.24, 2.45) is 5.92 Å². The van der Waals surface area contributed by atoms with Crippen LogP contribution in [0.15, 0.2) is 51.9 Å². The second-order valence-electron chi connectivity index (χ2n) is 8.88. The monoisotopic (exact) mass is 497 g/mol. The van der Waals surface area contributed by atoms with Crippen LogP contribution in [0, 0.1) is 32.5 Å². The molecule has 2 aromatic carbocycles. The van der Waals surface area contributed by atoms with Crippen LogP contribution in [-0.4, -0.2) is 36.9 Å². The number of aromatic nitrogens is 1. The molecule has 1 aliphatic heterocycles. The van der Waals surface area contributed by atoms with Crippen LogP contribution in [0.2, 0.25) is 0 Å². The lowest BCUT2D eigenvalue weighted by Gasteiger charge is -2.31. The van der Waals surface area contributed by atoms with E-state index < -0.39 is 21.8 Å². The number of benzene rings is 2. The van der Waals surface area contributed by atoms with E-state index in [-0.39, 0.29) is 35.3 Å². The summed E-state index contributed by atoms with van der Waals surface area (Å²) in [5.74, 6) is -1.11. The predicted molar refractivity (Wildman–Crippen MR) is 133 cm³/mol. The van der Waals surface area contributed by atoms with Crippen molar-refractivity contribution in [1.29, 1.82) is 0 Å². The summed E-state index contributed by atoms with van der Waals surface area (Å²) < 4.78 is 47.7. The largest absolute Gasteiger partial charge is 0.355 e. The van der Waals surface area contributed by atoms with E-state index in [2.05, 4.69) is 10.5 Å². The molecule has 1 aromatic heterocycles. The molecule has 4 rings (SSSR count). The lowest BCUT2D eigenvalue weighted by Crippen LogP contribution is -2.43. The summed E-state index contributed by atoms with van der Waals surface area (Å²) in [6.45, 7) is 5.80. The van der Waals surface area contributed by atoms with Gasteiger partial charge in [-0.1, -0.05) is 29.4 Å².